The van der Waals surface area contributed by atoms with Crippen molar-refractivity contribution in [3.05, 3.63) is 59.9 Å². The van der Waals surface area contributed by atoms with E-state index in [0.717, 1.165) is 34.8 Å². The molecule has 0 aliphatic carbocycles. The van der Waals surface area contributed by atoms with Gasteiger partial charge < -0.3 is 5.32 Å². The van der Waals surface area contributed by atoms with Crippen LogP contribution in [0.25, 0.3) is 0 Å². The summed E-state index contributed by atoms with van der Waals surface area (Å²) in [5.74, 6) is -1.54. The van der Waals surface area contributed by atoms with Crippen molar-refractivity contribution in [2.75, 3.05) is 15.9 Å². The molecule has 1 N–H and O–H groups in total. The van der Waals surface area contributed by atoms with E-state index in [2.05, 4.69) is 5.32 Å². The van der Waals surface area contributed by atoms with Crippen LogP contribution >= 0.6 is 0 Å². The van der Waals surface area contributed by atoms with E-state index in [4.69, 9.17) is 0 Å². The first-order valence-corrected chi connectivity index (χ1v) is 10.0. The summed E-state index contributed by atoms with van der Waals surface area (Å²) in [7, 11) is -3.99. The first-order valence-electron chi connectivity index (χ1n) is 8.17. The average Bonchev–Trinajstić information content (AvgIpc) is 2.59. The molecular formula is C18H18F4N2O3S. The van der Waals surface area contributed by atoms with Gasteiger partial charge in [-0.3, -0.25) is 9.10 Å². The molecule has 0 unspecified atom stereocenters. The summed E-state index contributed by atoms with van der Waals surface area (Å²) in [5.41, 5.74) is -1.51. The predicted octanol–water partition coefficient (Wildman–Crippen LogP) is 4.03. The number of anilines is 2. The second kappa shape index (κ2) is 8.17. The smallest absolute Gasteiger partial charge is 0.324 e. The van der Waals surface area contributed by atoms with E-state index >= 15 is 0 Å². The lowest BCUT2D eigenvalue weighted by Crippen LogP contribution is -2.47. The number of carbonyl (C=O) groups excluding carboxylic acids is 1. The van der Waals surface area contributed by atoms with Crippen LogP contribution in [-0.2, 0) is 21.0 Å². The summed E-state index contributed by atoms with van der Waals surface area (Å²) in [4.78, 5) is 12.7. The number of nitrogens with one attached hydrogen (secondary N) is 1. The summed E-state index contributed by atoms with van der Waals surface area (Å²) >= 11 is 0. The molecule has 2 aromatic rings. The van der Waals surface area contributed by atoms with Crippen LogP contribution in [0.2, 0.25) is 0 Å². The van der Waals surface area contributed by atoms with Crippen LogP contribution in [0.3, 0.4) is 0 Å². The summed E-state index contributed by atoms with van der Waals surface area (Å²) < 4.78 is 77.9. The fourth-order valence-electron chi connectivity index (χ4n) is 2.70. The number of para-hydroxylation sites is 1. The highest BCUT2D eigenvalue weighted by Gasteiger charge is 2.36. The minimum Gasteiger partial charge on any atom is -0.324 e. The molecule has 0 heterocycles. The van der Waals surface area contributed by atoms with Crippen molar-refractivity contribution < 1.29 is 30.8 Å². The van der Waals surface area contributed by atoms with Crippen molar-refractivity contribution in [1.29, 1.82) is 0 Å². The van der Waals surface area contributed by atoms with Crippen LogP contribution in [-0.4, -0.2) is 26.6 Å². The summed E-state index contributed by atoms with van der Waals surface area (Å²) in [6.07, 6.45) is -3.86. The molecule has 2 aromatic carbocycles. The van der Waals surface area contributed by atoms with Crippen molar-refractivity contribution >= 4 is 27.3 Å². The molecule has 0 aromatic heterocycles. The summed E-state index contributed by atoms with van der Waals surface area (Å²) in [6.45, 7) is 1.52. The SMILES string of the molecule is CC[C@H](C(=O)Nc1ccccc1C(F)(F)F)N(c1ccc(F)cc1)S(C)(=O)=O. The van der Waals surface area contributed by atoms with Gasteiger partial charge in [-0.15, -0.1) is 0 Å². The average molecular weight is 418 g/mol. The van der Waals surface area contributed by atoms with E-state index in [1.165, 1.54) is 31.2 Å². The first-order chi connectivity index (χ1) is 12.9. The Morgan fingerprint density at radius 3 is 2.18 bits per heavy atom. The number of halogens is 4. The number of rotatable bonds is 6. The maximum atomic E-state index is 13.2. The Balaban J connectivity index is 2.42. The van der Waals surface area contributed by atoms with Crippen LogP contribution < -0.4 is 9.62 Å². The summed E-state index contributed by atoms with van der Waals surface area (Å²) in [6, 6.07) is 7.46. The molecule has 0 bridgehead atoms. The minimum absolute atomic E-state index is 0.0232. The van der Waals surface area contributed by atoms with Gasteiger partial charge in [0.2, 0.25) is 15.9 Å². The van der Waals surface area contributed by atoms with Gasteiger partial charge in [0.05, 0.1) is 23.2 Å². The molecule has 0 aliphatic heterocycles. The van der Waals surface area contributed by atoms with Crippen molar-refractivity contribution in [3.8, 4) is 0 Å². The van der Waals surface area contributed by atoms with Gasteiger partial charge in [-0.05, 0) is 42.8 Å². The molecule has 0 aliphatic rings. The minimum atomic E-state index is -4.70. The van der Waals surface area contributed by atoms with Gasteiger partial charge in [0.15, 0.2) is 0 Å². The molecule has 0 spiro atoms. The predicted molar refractivity (Wildman–Crippen MR) is 97.9 cm³/mol. The van der Waals surface area contributed by atoms with Gasteiger partial charge in [-0.2, -0.15) is 13.2 Å². The highest BCUT2D eigenvalue weighted by Crippen LogP contribution is 2.35. The number of sulfonamides is 1. The third kappa shape index (κ3) is 5.00. The lowest BCUT2D eigenvalue weighted by atomic mass is 10.1. The van der Waals surface area contributed by atoms with E-state index < -0.39 is 45.2 Å². The van der Waals surface area contributed by atoms with Gasteiger partial charge in [0.1, 0.15) is 11.9 Å². The Morgan fingerprint density at radius 2 is 1.68 bits per heavy atom. The quantitative estimate of drug-likeness (QED) is 0.721. The highest BCUT2D eigenvalue weighted by molar-refractivity contribution is 7.92. The van der Waals surface area contributed by atoms with Crippen molar-refractivity contribution in [3.63, 3.8) is 0 Å². The van der Waals surface area contributed by atoms with E-state index in [-0.39, 0.29) is 12.1 Å². The standard InChI is InChI=1S/C18H18F4N2O3S/c1-3-16(24(28(2,26)27)13-10-8-12(19)9-11-13)17(25)23-15-7-5-4-6-14(15)18(20,21)22/h4-11,16H,3H2,1-2H3,(H,23,25)/t16-/m1/s1. The van der Waals surface area contributed by atoms with Gasteiger partial charge in [-0.25, -0.2) is 12.8 Å². The van der Waals surface area contributed by atoms with Gasteiger partial charge in [0.25, 0.3) is 0 Å². The molecule has 0 saturated carbocycles. The van der Waals surface area contributed by atoms with Crippen LogP contribution in [0.1, 0.15) is 18.9 Å². The highest BCUT2D eigenvalue weighted by atomic mass is 32.2. The lowest BCUT2D eigenvalue weighted by Gasteiger charge is -2.30. The van der Waals surface area contributed by atoms with Crippen LogP contribution in [0.15, 0.2) is 48.5 Å². The van der Waals surface area contributed by atoms with Crippen molar-refractivity contribution in [2.45, 2.75) is 25.6 Å². The molecule has 0 saturated heterocycles. The maximum Gasteiger partial charge on any atom is 0.418 e. The number of hydrogen-bond donors (Lipinski definition) is 1. The van der Waals surface area contributed by atoms with Gasteiger partial charge in [-0.1, -0.05) is 19.1 Å². The number of benzene rings is 2. The Hall–Kier alpha value is -2.62. The van der Waals surface area contributed by atoms with Crippen LogP contribution in [0, 0.1) is 5.82 Å². The molecule has 10 heteroatoms. The fraction of sp³-hybridized carbons (Fsp3) is 0.278. The van der Waals surface area contributed by atoms with Gasteiger partial charge in [0, 0.05) is 0 Å². The lowest BCUT2D eigenvalue weighted by molar-refractivity contribution is -0.137. The third-order valence-corrected chi connectivity index (χ3v) is 5.08. The Morgan fingerprint density at radius 1 is 1.11 bits per heavy atom. The Kier molecular flexibility index (Phi) is 6.33. The monoisotopic (exact) mass is 418 g/mol. The number of hydrogen-bond acceptors (Lipinski definition) is 3. The molecule has 5 nitrogen and oxygen atoms in total. The molecule has 0 radical (unpaired) electrons. The van der Waals surface area contributed by atoms with Crippen molar-refractivity contribution in [2.24, 2.45) is 0 Å². The Labute approximate surface area is 160 Å². The topological polar surface area (TPSA) is 66.5 Å². The van der Waals surface area contributed by atoms with E-state index in [1.807, 2.05) is 0 Å². The number of amides is 1. The zero-order valence-corrected chi connectivity index (χ0v) is 15.8. The largest absolute Gasteiger partial charge is 0.418 e. The van der Waals surface area contributed by atoms with Crippen LogP contribution in [0.4, 0.5) is 28.9 Å². The van der Waals surface area contributed by atoms with Crippen LogP contribution in [0.5, 0.6) is 0 Å². The number of nitrogens with zero attached hydrogens (tertiary/aromatic N) is 1. The molecule has 1 atom stereocenters. The zero-order chi connectivity index (χ0) is 21.1. The number of carbonyl (C=O) groups is 1. The van der Waals surface area contributed by atoms with Gasteiger partial charge >= 0.3 is 6.18 Å². The second-order valence-electron chi connectivity index (χ2n) is 5.99. The molecule has 0 fully saturated rings. The molecule has 1 amide bonds. The molecule has 2 rings (SSSR count). The van der Waals surface area contributed by atoms with E-state index in [1.54, 1.807) is 0 Å². The zero-order valence-electron chi connectivity index (χ0n) is 15.0. The fourth-order valence-corrected chi connectivity index (χ4v) is 3.92. The third-order valence-electron chi connectivity index (χ3n) is 3.90. The maximum absolute atomic E-state index is 13.2. The normalized spacial score (nSPS) is 13.1. The Bertz CT molecular complexity index is 944. The number of alkyl halides is 3. The van der Waals surface area contributed by atoms with Crippen molar-refractivity contribution in [1.82, 2.24) is 0 Å². The first kappa shape index (κ1) is 21.7. The molecular weight excluding hydrogens is 400 g/mol. The molecule has 28 heavy (non-hydrogen) atoms. The second-order valence-corrected chi connectivity index (χ2v) is 7.85. The van der Waals surface area contributed by atoms with E-state index in [0.29, 0.717) is 0 Å². The summed E-state index contributed by atoms with van der Waals surface area (Å²) in [5, 5.41) is 2.16. The molecule has 152 valence electrons. The van der Waals surface area contributed by atoms with E-state index in [9.17, 15) is 30.8 Å².